The topological polar surface area (TPSA) is 69.6 Å². The number of ether oxygens (including phenoxy) is 1. The van der Waals surface area contributed by atoms with Gasteiger partial charge in [0.05, 0.1) is 28.2 Å². The number of nitrogens with zero attached hydrogens (tertiary/aromatic N) is 3. The highest BCUT2D eigenvalue weighted by Crippen LogP contribution is 2.30. The zero-order valence-corrected chi connectivity index (χ0v) is 22.3. The lowest BCUT2D eigenvalue weighted by molar-refractivity contribution is 0.197. The second-order valence-electron chi connectivity index (χ2n) is 9.65. The molecule has 0 unspecified atom stereocenters. The number of fused-ring (bicyclic) bond motifs is 2. The van der Waals surface area contributed by atoms with Crippen molar-refractivity contribution in [2.45, 2.75) is 20.8 Å². The largest absolute Gasteiger partial charge is 0.492 e. The smallest absolute Gasteiger partial charge is 0.282 e. The van der Waals surface area contributed by atoms with Crippen molar-refractivity contribution in [2.24, 2.45) is 10.5 Å². The summed E-state index contributed by atoms with van der Waals surface area (Å²) in [5, 5.41) is 6.38. The van der Waals surface area contributed by atoms with Gasteiger partial charge in [0.2, 0.25) is 5.82 Å². The molecule has 0 bridgehead atoms. The Morgan fingerprint density at radius 3 is 2.69 bits per heavy atom. The highest BCUT2D eigenvalue weighted by Gasteiger charge is 2.17. The van der Waals surface area contributed by atoms with Gasteiger partial charge in [-0.1, -0.05) is 44.5 Å². The number of furan rings is 1. The lowest BCUT2D eigenvalue weighted by atomic mass is 9.99. The molecule has 182 valence electrons. The minimum Gasteiger partial charge on any atom is -0.492 e. The molecule has 0 atom stereocenters. The van der Waals surface area contributed by atoms with Crippen LogP contribution in [0.2, 0.25) is 5.02 Å². The van der Waals surface area contributed by atoms with Crippen LogP contribution in [0.3, 0.4) is 0 Å². The Morgan fingerprint density at radius 2 is 1.92 bits per heavy atom. The first-order valence-electron chi connectivity index (χ1n) is 11.4. The molecular weight excluding hydrogens is 542 g/mol. The summed E-state index contributed by atoms with van der Waals surface area (Å²) in [5.74, 6) is 1.46. The highest BCUT2D eigenvalue weighted by atomic mass is 79.9. The van der Waals surface area contributed by atoms with Crippen LogP contribution in [-0.4, -0.2) is 22.5 Å². The zero-order chi connectivity index (χ0) is 25.4. The molecule has 3 aromatic carbocycles. The van der Waals surface area contributed by atoms with Crippen LogP contribution in [0.15, 0.2) is 85.5 Å². The normalized spacial score (nSPS) is 12.1. The number of halogens is 2. The van der Waals surface area contributed by atoms with Gasteiger partial charge in [0.1, 0.15) is 11.3 Å². The van der Waals surface area contributed by atoms with E-state index >= 15 is 0 Å². The van der Waals surface area contributed by atoms with Crippen molar-refractivity contribution in [2.75, 3.05) is 6.61 Å². The molecule has 0 fully saturated rings. The summed E-state index contributed by atoms with van der Waals surface area (Å²) in [5.41, 5.74) is 1.73. The van der Waals surface area contributed by atoms with E-state index < -0.39 is 0 Å². The van der Waals surface area contributed by atoms with Crippen molar-refractivity contribution < 1.29 is 9.15 Å². The predicted molar refractivity (Wildman–Crippen MR) is 148 cm³/mol. The van der Waals surface area contributed by atoms with Crippen LogP contribution < -0.4 is 10.3 Å². The van der Waals surface area contributed by atoms with Gasteiger partial charge in [-0.2, -0.15) is 9.78 Å². The molecule has 2 aromatic heterocycles. The fourth-order valence-electron chi connectivity index (χ4n) is 3.65. The molecule has 0 spiro atoms. The average molecular weight is 565 g/mol. The molecule has 5 aromatic rings. The summed E-state index contributed by atoms with van der Waals surface area (Å²) in [7, 11) is 0. The molecule has 2 heterocycles. The monoisotopic (exact) mass is 563 g/mol. The van der Waals surface area contributed by atoms with Crippen molar-refractivity contribution in [1.82, 2.24) is 9.66 Å². The molecular formula is C28H23BrClN3O3. The van der Waals surface area contributed by atoms with E-state index in [0.29, 0.717) is 39.7 Å². The van der Waals surface area contributed by atoms with Crippen molar-refractivity contribution in [1.29, 1.82) is 0 Å². The Balaban J connectivity index is 1.57. The van der Waals surface area contributed by atoms with Crippen LogP contribution >= 0.6 is 27.5 Å². The van der Waals surface area contributed by atoms with E-state index in [1.807, 2.05) is 30.3 Å². The van der Waals surface area contributed by atoms with Gasteiger partial charge in [-0.25, -0.2) is 4.98 Å². The number of aromatic nitrogens is 2. The Morgan fingerprint density at radius 1 is 1.11 bits per heavy atom. The van der Waals surface area contributed by atoms with Gasteiger partial charge in [-0.3, -0.25) is 4.79 Å². The van der Waals surface area contributed by atoms with E-state index in [4.69, 9.17) is 25.7 Å². The van der Waals surface area contributed by atoms with Crippen LogP contribution in [-0.2, 0) is 0 Å². The van der Waals surface area contributed by atoms with Gasteiger partial charge in [0, 0.05) is 10.4 Å². The number of benzene rings is 3. The molecule has 0 radical (unpaired) electrons. The second-order valence-corrected chi connectivity index (χ2v) is 10.9. The summed E-state index contributed by atoms with van der Waals surface area (Å²) in [6, 6.07) is 20.0. The third-order valence-corrected chi connectivity index (χ3v) is 6.25. The summed E-state index contributed by atoms with van der Waals surface area (Å²) in [4.78, 5) is 18.1. The molecule has 8 heteroatoms. The van der Waals surface area contributed by atoms with E-state index in [9.17, 15) is 4.79 Å². The maximum Gasteiger partial charge on any atom is 0.282 e. The fourth-order valence-corrected chi connectivity index (χ4v) is 4.34. The molecule has 0 aliphatic heterocycles. The third kappa shape index (κ3) is 5.08. The number of hydrogen-bond acceptors (Lipinski definition) is 5. The molecule has 36 heavy (non-hydrogen) atoms. The Hall–Kier alpha value is -3.42. The average Bonchev–Trinajstić information content (AvgIpc) is 3.25. The minimum atomic E-state index is -0.297. The van der Waals surface area contributed by atoms with E-state index in [1.54, 1.807) is 42.6 Å². The van der Waals surface area contributed by atoms with E-state index in [1.165, 1.54) is 4.68 Å². The SMILES string of the molecule is CC(C)(C)COc1ccc(C=Nn2c(-c3cc4cc(Cl)ccc4o3)nc3ccccc3c2=O)cc1Br. The van der Waals surface area contributed by atoms with Gasteiger partial charge in [0.25, 0.3) is 5.56 Å². The first kappa shape index (κ1) is 24.3. The van der Waals surface area contributed by atoms with Crippen LogP contribution in [0.1, 0.15) is 26.3 Å². The Kier molecular flexibility index (Phi) is 6.45. The van der Waals surface area contributed by atoms with Crippen LogP contribution in [0.4, 0.5) is 0 Å². The van der Waals surface area contributed by atoms with Gasteiger partial charge in [0.15, 0.2) is 5.76 Å². The second kappa shape index (κ2) is 9.56. The van der Waals surface area contributed by atoms with E-state index in [0.717, 1.165) is 21.2 Å². The van der Waals surface area contributed by atoms with Crippen molar-refractivity contribution >= 4 is 55.6 Å². The van der Waals surface area contributed by atoms with Gasteiger partial charge in [-0.15, -0.1) is 0 Å². The van der Waals surface area contributed by atoms with Gasteiger partial charge in [-0.05, 0) is 81.5 Å². The van der Waals surface area contributed by atoms with Crippen LogP contribution in [0, 0.1) is 5.41 Å². The number of para-hydroxylation sites is 1. The highest BCUT2D eigenvalue weighted by molar-refractivity contribution is 9.10. The predicted octanol–water partition coefficient (Wildman–Crippen LogP) is 7.53. The number of hydrogen-bond donors (Lipinski definition) is 0. The maximum absolute atomic E-state index is 13.4. The molecule has 0 N–H and O–H groups in total. The minimum absolute atomic E-state index is 0.0439. The van der Waals surface area contributed by atoms with Gasteiger partial charge >= 0.3 is 0 Å². The molecule has 0 amide bonds. The first-order valence-corrected chi connectivity index (χ1v) is 12.5. The standard InChI is InChI=1S/C28H23BrClN3O3/c1-28(2,3)16-35-24-10-8-17(12-21(24)29)15-31-33-26(32-22-7-5-4-6-20(22)27(33)34)25-14-18-13-19(30)9-11-23(18)36-25/h4-15H,16H2,1-3H3. The summed E-state index contributed by atoms with van der Waals surface area (Å²) >= 11 is 9.71. The number of rotatable bonds is 5. The van der Waals surface area contributed by atoms with E-state index in [-0.39, 0.29) is 11.0 Å². The molecule has 6 nitrogen and oxygen atoms in total. The van der Waals surface area contributed by atoms with Crippen molar-refractivity contribution in [3.63, 3.8) is 0 Å². The molecule has 5 rings (SSSR count). The maximum atomic E-state index is 13.4. The van der Waals surface area contributed by atoms with Crippen LogP contribution in [0.5, 0.6) is 5.75 Å². The molecule has 0 saturated carbocycles. The molecule has 0 aliphatic carbocycles. The van der Waals surface area contributed by atoms with Crippen molar-refractivity contribution in [3.8, 4) is 17.3 Å². The molecule has 0 aliphatic rings. The quantitative estimate of drug-likeness (QED) is 0.207. The van der Waals surface area contributed by atoms with E-state index in [2.05, 4.69) is 41.8 Å². The summed E-state index contributed by atoms with van der Waals surface area (Å²) < 4.78 is 14.0. The van der Waals surface area contributed by atoms with Gasteiger partial charge < -0.3 is 9.15 Å². The Labute approximate surface area is 221 Å². The first-order chi connectivity index (χ1) is 17.2. The molecule has 0 saturated heterocycles. The fraction of sp³-hybridized carbons (Fsp3) is 0.179. The lowest BCUT2D eigenvalue weighted by Crippen LogP contribution is -2.20. The van der Waals surface area contributed by atoms with Crippen LogP contribution in [0.25, 0.3) is 33.5 Å². The zero-order valence-electron chi connectivity index (χ0n) is 20.0. The third-order valence-electron chi connectivity index (χ3n) is 5.39. The summed E-state index contributed by atoms with van der Waals surface area (Å²) in [6.45, 7) is 6.94. The van der Waals surface area contributed by atoms with Crippen molar-refractivity contribution in [3.05, 3.63) is 92.1 Å². The Bertz CT molecular complexity index is 1680. The lowest BCUT2D eigenvalue weighted by Gasteiger charge is -2.19. The summed E-state index contributed by atoms with van der Waals surface area (Å²) in [6.07, 6.45) is 1.61.